The van der Waals surface area contributed by atoms with Crippen LogP contribution in [-0.4, -0.2) is 23.1 Å². The van der Waals surface area contributed by atoms with Crippen LogP contribution in [0.1, 0.15) is 40.3 Å². The zero-order valence-corrected chi connectivity index (χ0v) is 12.7. The number of nitrogens with zero attached hydrogens (tertiary/aromatic N) is 2. The molecule has 0 fully saturated rings. The number of carbonyl (C=O) groups is 1. The van der Waals surface area contributed by atoms with Gasteiger partial charge in [0.25, 0.3) is 0 Å². The first kappa shape index (κ1) is 14.5. The predicted octanol–water partition coefficient (Wildman–Crippen LogP) is 3.20. The second-order valence-corrected chi connectivity index (χ2v) is 5.55. The lowest BCUT2D eigenvalue weighted by Crippen LogP contribution is -2.04. The van der Waals surface area contributed by atoms with Crippen molar-refractivity contribution in [3.63, 3.8) is 0 Å². The molecule has 1 aromatic carbocycles. The third-order valence-electron chi connectivity index (χ3n) is 2.76. The van der Waals surface area contributed by atoms with Crippen molar-refractivity contribution >= 4 is 17.1 Å². The monoisotopic (exact) mass is 292 g/mol. The van der Waals surface area contributed by atoms with E-state index in [0.717, 1.165) is 10.0 Å². The second-order valence-electron chi connectivity index (χ2n) is 4.34. The molecule has 20 heavy (non-hydrogen) atoms. The predicted molar refractivity (Wildman–Crippen MR) is 76.7 cm³/mol. The van der Waals surface area contributed by atoms with Crippen LogP contribution in [0.15, 0.2) is 18.2 Å². The summed E-state index contributed by atoms with van der Waals surface area (Å²) in [6, 6.07) is 5.13. The highest BCUT2D eigenvalue weighted by molar-refractivity contribution is 7.11. The fourth-order valence-corrected chi connectivity index (χ4v) is 2.38. The van der Waals surface area contributed by atoms with Gasteiger partial charge in [-0.1, -0.05) is 11.3 Å². The van der Waals surface area contributed by atoms with Crippen LogP contribution in [0.4, 0.5) is 0 Å². The van der Waals surface area contributed by atoms with E-state index in [1.165, 1.54) is 18.3 Å². The molecule has 0 spiro atoms. The Bertz CT molecular complexity index is 625. The molecule has 0 bridgehead atoms. The molecular formula is C14H16N2O3S. The number of methoxy groups -OCH3 is 1. The smallest absolute Gasteiger partial charge is 0.162 e. The van der Waals surface area contributed by atoms with Gasteiger partial charge in [-0.3, -0.25) is 4.79 Å². The summed E-state index contributed by atoms with van der Waals surface area (Å²) in [7, 11) is 1.55. The summed E-state index contributed by atoms with van der Waals surface area (Å²) in [6.07, 6.45) is -0.224. The van der Waals surface area contributed by atoms with Crippen molar-refractivity contribution < 1.29 is 14.3 Å². The van der Waals surface area contributed by atoms with Crippen molar-refractivity contribution in [2.75, 3.05) is 7.11 Å². The van der Waals surface area contributed by atoms with Crippen molar-refractivity contribution in [2.45, 2.75) is 26.9 Å². The minimum absolute atomic E-state index is 0.0114. The topological polar surface area (TPSA) is 61.3 Å². The van der Waals surface area contributed by atoms with E-state index in [2.05, 4.69) is 10.2 Å². The van der Waals surface area contributed by atoms with E-state index in [9.17, 15) is 4.79 Å². The first-order valence-electron chi connectivity index (χ1n) is 6.17. The van der Waals surface area contributed by atoms with Crippen LogP contribution in [0.2, 0.25) is 0 Å². The number of rotatable bonds is 5. The van der Waals surface area contributed by atoms with Gasteiger partial charge in [-0.25, -0.2) is 0 Å². The Kier molecular flexibility index (Phi) is 4.34. The number of ketones is 1. The molecule has 0 aliphatic heterocycles. The zero-order valence-electron chi connectivity index (χ0n) is 11.8. The molecule has 2 aromatic rings. The van der Waals surface area contributed by atoms with Gasteiger partial charge in [0.2, 0.25) is 0 Å². The third-order valence-corrected chi connectivity index (χ3v) is 3.76. The van der Waals surface area contributed by atoms with Crippen LogP contribution in [-0.2, 0) is 0 Å². The molecule has 0 unspecified atom stereocenters. The van der Waals surface area contributed by atoms with Crippen molar-refractivity contribution in [1.82, 2.24) is 10.2 Å². The lowest BCUT2D eigenvalue weighted by molar-refractivity contribution is 0.101. The summed E-state index contributed by atoms with van der Waals surface area (Å²) in [4.78, 5) is 11.4. The Morgan fingerprint density at radius 2 is 2.05 bits per heavy atom. The van der Waals surface area contributed by atoms with Gasteiger partial charge in [0.15, 0.2) is 22.3 Å². The van der Waals surface area contributed by atoms with E-state index >= 15 is 0 Å². The van der Waals surface area contributed by atoms with Crippen molar-refractivity contribution in [3.05, 3.63) is 33.8 Å². The molecule has 106 valence electrons. The standard InChI is InChI=1S/C14H16N2O3S/c1-8(17)11-5-6-12(13(7-11)18-4)19-9(2)14-16-15-10(3)20-14/h5-7,9H,1-4H3/t9-/m1/s1. The number of carbonyl (C=O) groups excluding carboxylic acids is 1. The Morgan fingerprint density at radius 1 is 1.30 bits per heavy atom. The minimum Gasteiger partial charge on any atom is -0.493 e. The maximum Gasteiger partial charge on any atom is 0.162 e. The molecule has 0 N–H and O–H groups in total. The molecule has 1 aromatic heterocycles. The summed E-state index contributed by atoms with van der Waals surface area (Å²) in [5, 5.41) is 9.74. The number of benzene rings is 1. The number of hydrogen-bond acceptors (Lipinski definition) is 6. The lowest BCUT2D eigenvalue weighted by Gasteiger charge is -2.15. The maximum absolute atomic E-state index is 11.4. The Balaban J connectivity index is 2.22. The molecule has 6 heteroatoms. The van der Waals surface area contributed by atoms with Gasteiger partial charge in [-0.15, -0.1) is 10.2 Å². The van der Waals surface area contributed by atoms with E-state index in [4.69, 9.17) is 9.47 Å². The molecule has 1 heterocycles. The minimum atomic E-state index is -0.224. The van der Waals surface area contributed by atoms with E-state index < -0.39 is 0 Å². The van der Waals surface area contributed by atoms with Crippen LogP contribution in [0.5, 0.6) is 11.5 Å². The average Bonchev–Trinajstić information content (AvgIpc) is 2.85. The molecule has 0 aliphatic rings. The summed E-state index contributed by atoms with van der Waals surface area (Å²) < 4.78 is 11.1. The normalized spacial score (nSPS) is 12.0. The van der Waals surface area contributed by atoms with Gasteiger partial charge in [0, 0.05) is 5.56 Å². The average molecular weight is 292 g/mol. The van der Waals surface area contributed by atoms with E-state index in [0.29, 0.717) is 17.1 Å². The van der Waals surface area contributed by atoms with Gasteiger partial charge >= 0.3 is 0 Å². The van der Waals surface area contributed by atoms with Gasteiger partial charge in [0.05, 0.1) is 7.11 Å². The summed E-state index contributed by atoms with van der Waals surface area (Å²) >= 11 is 1.49. The SMILES string of the molecule is COc1cc(C(C)=O)ccc1O[C@H](C)c1nnc(C)s1. The molecule has 0 saturated heterocycles. The van der Waals surface area contributed by atoms with Crippen LogP contribution in [0, 0.1) is 6.92 Å². The Morgan fingerprint density at radius 3 is 2.60 bits per heavy atom. The van der Waals surface area contributed by atoms with E-state index in [1.54, 1.807) is 25.3 Å². The highest BCUT2D eigenvalue weighted by Crippen LogP contribution is 2.32. The highest BCUT2D eigenvalue weighted by Gasteiger charge is 2.16. The molecule has 0 saturated carbocycles. The van der Waals surface area contributed by atoms with Gasteiger partial charge in [-0.05, 0) is 39.0 Å². The van der Waals surface area contributed by atoms with E-state index in [1.807, 2.05) is 13.8 Å². The maximum atomic E-state index is 11.4. The summed E-state index contributed by atoms with van der Waals surface area (Å²) in [6.45, 7) is 5.32. The quantitative estimate of drug-likeness (QED) is 0.792. The van der Waals surface area contributed by atoms with Crippen molar-refractivity contribution in [2.24, 2.45) is 0 Å². The van der Waals surface area contributed by atoms with Crippen LogP contribution in [0.25, 0.3) is 0 Å². The van der Waals surface area contributed by atoms with Gasteiger partial charge < -0.3 is 9.47 Å². The first-order valence-corrected chi connectivity index (χ1v) is 6.98. The summed E-state index contributed by atoms with van der Waals surface area (Å²) in [5.74, 6) is 1.10. The number of aromatic nitrogens is 2. The molecule has 0 amide bonds. The zero-order chi connectivity index (χ0) is 14.7. The fourth-order valence-electron chi connectivity index (χ4n) is 1.70. The third kappa shape index (κ3) is 3.14. The Labute approximate surface area is 121 Å². The molecule has 0 radical (unpaired) electrons. The highest BCUT2D eigenvalue weighted by atomic mass is 32.1. The number of aryl methyl sites for hydroxylation is 1. The largest absolute Gasteiger partial charge is 0.493 e. The van der Waals surface area contributed by atoms with E-state index in [-0.39, 0.29) is 11.9 Å². The molecule has 0 aliphatic carbocycles. The van der Waals surface area contributed by atoms with Gasteiger partial charge in [0.1, 0.15) is 11.1 Å². The second kappa shape index (κ2) is 6.00. The number of Topliss-reactive ketones (excluding diaryl/α,β-unsaturated/α-hetero) is 1. The molecule has 2 rings (SSSR count). The van der Waals surface area contributed by atoms with Crippen LogP contribution >= 0.6 is 11.3 Å². The summed E-state index contributed by atoms with van der Waals surface area (Å²) in [5.41, 5.74) is 0.591. The van der Waals surface area contributed by atoms with Crippen molar-refractivity contribution in [1.29, 1.82) is 0 Å². The van der Waals surface area contributed by atoms with Crippen LogP contribution in [0.3, 0.4) is 0 Å². The fraction of sp³-hybridized carbons (Fsp3) is 0.357. The molecule has 5 nitrogen and oxygen atoms in total. The molecule has 1 atom stereocenters. The Hall–Kier alpha value is -1.95. The number of hydrogen-bond donors (Lipinski definition) is 0. The van der Waals surface area contributed by atoms with Crippen molar-refractivity contribution in [3.8, 4) is 11.5 Å². The van der Waals surface area contributed by atoms with Gasteiger partial charge in [-0.2, -0.15) is 0 Å². The molecular weight excluding hydrogens is 276 g/mol. The lowest BCUT2D eigenvalue weighted by atomic mass is 10.1. The first-order chi connectivity index (χ1) is 9.51. The number of ether oxygens (including phenoxy) is 2. The van der Waals surface area contributed by atoms with Crippen LogP contribution < -0.4 is 9.47 Å².